The summed E-state index contributed by atoms with van der Waals surface area (Å²) >= 11 is 0. The van der Waals surface area contributed by atoms with Crippen LogP contribution in [-0.2, 0) is 13.1 Å². The fourth-order valence-corrected chi connectivity index (χ4v) is 2.97. The molecule has 2 rings (SSSR count). The fraction of sp³-hybridized carbons (Fsp3) is 0.632. The van der Waals surface area contributed by atoms with Gasteiger partial charge in [-0.3, -0.25) is 9.89 Å². The molecule has 0 saturated carbocycles. The van der Waals surface area contributed by atoms with E-state index in [1.165, 1.54) is 18.4 Å². The molecular weight excluding hydrogens is 468 g/mol. The predicted molar refractivity (Wildman–Crippen MR) is 114 cm³/mol. The van der Waals surface area contributed by atoms with E-state index in [-0.39, 0.29) is 30.5 Å². The molecule has 1 fully saturated rings. The van der Waals surface area contributed by atoms with Crippen LogP contribution >= 0.6 is 24.0 Å². The Balaban J connectivity index is 0.00000364. The van der Waals surface area contributed by atoms with E-state index in [9.17, 15) is 13.2 Å². The third-order valence-electron chi connectivity index (χ3n) is 4.69. The Bertz CT molecular complexity index is 567. The van der Waals surface area contributed by atoms with Gasteiger partial charge in [-0.1, -0.05) is 31.2 Å². The van der Waals surface area contributed by atoms with Crippen LogP contribution in [0.3, 0.4) is 0 Å². The molecule has 1 aliphatic heterocycles. The van der Waals surface area contributed by atoms with E-state index in [0.717, 1.165) is 31.1 Å². The summed E-state index contributed by atoms with van der Waals surface area (Å²) in [7, 11) is 1.55. The second-order valence-corrected chi connectivity index (χ2v) is 6.99. The molecule has 8 heteroatoms. The molecule has 0 aromatic heterocycles. The zero-order valence-electron chi connectivity index (χ0n) is 16.0. The van der Waals surface area contributed by atoms with Gasteiger partial charge in [0, 0.05) is 26.7 Å². The van der Waals surface area contributed by atoms with Crippen LogP contribution in [0.25, 0.3) is 0 Å². The van der Waals surface area contributed by atoms with Crippen molar-refractivity contribution in [2.75, 3.05) is 26.7 Å². The summed E-state index contributed by atoms with van der Waals surface area (Å²) in [5, 5.41) is 5.72. The summed E-state index contributed by atoms with van der Waals surface area (Å²) in [6.07, 6.45) is -2.50. The smallest absolute Gasteiger partial charge is 0.356 e. The van der Waals surface area contributed by atoms with Crippen LogP contribution in [0, 0.1) is 5.92 Å². The molecule has 0 aliphatic carbocycles. The van der Waals surface area contributed by atoms with Crippen molar-refractivity contribution in [2.24, 2.45) is 10.9 Å². The van der Waals surface area contributed by atoms with Gasteiger partial charge in [0.15, 0.2) is 5.96 Å². The van der Waals surface area contributed by atoms with Gasteiger partial charge in [-0.05, 0) is 43.0 Å². The third-order valence-corrected chi connectivity index (χ3v) is 4.69. The van der Waals surface area contributed by atoms with Crippen LogP contribution in [-0.4, -0.2) is 43.7 Å². The number of nitrogens with one attached hydrogen (secondary N) is 2. The molecule has 0 unspecified atom stereocenters. The number of guanidine groups is 1. The molecule has 0 spiro atoms. The molecule has 1 aromatic rings. The van der Waals surface area contributed by atoms with Crippen molar-refractivity contribution in [3.8, 4) is 0 Å². The van der Waals surface area contributed by atoms with E-state index in [2.05, 4.69) is 51.7 Å². The number of aliphatic imine (C=N–C) groups is 1. The van der Waals surface area contributed by atoms with Crippen molar-refractivity contribution in [3.05, 3.63) is 35.4 Å². The monoisotopic (exact) mass is 498 g/mol. The maximum atomic E-state index is 12.2. The number of nitrogens with zero attached hydrogens (tertiary/aromatic N) is 2. The summed E-state index contributed by atoms with van der Waals surface area (Å²) < 4.78 is 36.5. The Morgan fingerprint density at radius 3 is 2.26 bits per heavy atom. The lowest BCUT2D eigenvalue weighted by molar-refractivity contribution is -0.132. The average Bonchev–Trinajstić information content (AvgIpc) is 2.60. The van der Waals surface area contributed by atoms with Crippen molar-refractivity contribution >= 4 is 29.9 Å². The van der Waals surface area contributed by atoms with E-state index >= 15 is 0 Å². The second kappa shape index (κ2) is 11.7. The van der Waals surface area contributed by atoms with Crippen LogP contribution < -0.4 is 10.6 Å². The molecule has 4 nitrogen and oxygen atoms in total. The van der Waals surface area contributed by atoms with Crippen LogP contribution in [0.1, 0.15) is 37.3 Å². The molecule has 1 heterocycles. The Morgan fingerprint density at radius 2 is 1.70 bits per heavy atom. The van der Waals surface area contributed by atoms with Crippen LogP contribution in [0.15, 0.2) is 29.3 Å². The molecule has 1 aromatic carbocycles. The van der Waals surface area contributed by atoms with Crippen molar-refractivity contribution in [3.63, 3.8) is 0 Å². The predicted octanol–water partition coefficient (Wildman–Crippen LogP) is 4.15. The maximum absolute atomic E-state index is 12.2. The summed E-state index contributed by atoms with van der Waals surface area (Å²) in [6.45, 7) is 5.94. The van der Waals surface area contributed by atoms with Crippen molar-refractivity contribution in [1.82, 2.24) is 15.5 Å². The van der Waals surface area contributed by atoms with Gasteiger partial charge in [-0.2, -0.15) is 13.2 Å². The molecule has 2 N–H and O–H groups in total. The number of rotatable bonds is 6. The highest BCUT2D eigenvalue weighted by Crippen LogP contribution is 2.19. The topological polar surface area (TPSA) is 39.7 Å². The zero-order valence-corrected chi connectivity index (χ0v) is 18.3. The Labute approximate surface area is 177 Å². The zero-order chi connectivity index (χ0) is 19.0. The number of halogens is 4. The number of likely N-dealkylation sites (tertiary alicyclic amines) is 1. The minimum absolute atomic E-state index is 0. The maximum Gasteiger partial charge on any atom is 0.390 e. The highest BCUT2D eigenvalue weighted by molar-refractivity contribution is 14.0. The minimum atomic E-state index is -4.16. The van der Waals surface area contributed by atoms with Gasteiger partial charge >= 0.3 is 6.18 Å². The largest absolute Gasteiger partial charge is 0.390 e. The van der Waals surface area contributed by atoms with E-state index in [0.29, 0.717) is 12.5 Å². The molecule has 1 aliphatic rings. The van der Waals surface area contributed by atoms with Crippen LogP contribution in [0.5, 0.6) is 0 Å². The number of hydrogen-bond donors (Lipinski definition) is 2. The summed E-state index contributed by atoms with van der Waals surface area (Å²) in [4.78, 5) is 6.43. The van der Waals surface area contributed by atoms with Gasteiger partial charge in [0.2, 0.25) is 0 Å². The molecule has 0 bridgehead atoms. The number of hydrogen-bond acceptors (Lipinski definition) is 2. The van der Waals surface area contributed by atoms with E-state index in [4.69, 9.17) is 0 Å². The fourth-order valence-electron chi connectivity index (χ4n) is 2.97. The van der Waals surface area contributed by atoms with Crippen LogP contribution in [0.2, 0.25) is 0 Å². The first-order chi connectivity index (χ1) is 12.4. The SMILES string of the molecule is CN=C(NCCC(F)(F)F)NCc1ccc(CN2CCC(C)CC2)cc1.I. The second-order valence-electron chi connectivity index (χ2n) is 6.99. The summed E-state index contributed by atoms with van der Waals surface area (Å²) in [6, 6.07) is 8.35. The first kappa shape index (κ1) is 24.0. The van der Waals surface area contributed by atoms with Crippen LogP contribution in [0.4, 0.5) is 13.2 Å². The summed E-state index contributed by atoms with van der Waals surface area (Å²) in [5.41, 5.74) is 2.36. The molecule has 0 atom stereocenters. The van der Waals surface area contributed by atoms with Crippen molar-refractivity contribution in [2.45, 2.75) is 45.5 Å². The van der Waals surface area contributed by atoms with Crippen molar-refractivity contribution in [1.29, 1.82) is 0 Å². The molecule has 154 valence electrons. The highest BCUT2D eigenvalue weighted by Gasteiger charge is 2.26. The van der Waals surface area contributed by atoms with Gasteiger partial charge in [0.05, 0.1) is 6.42 Å². The number of alkyl halides is 3. The van der Waals surface area contributed by atoms with Gasteiger partial charge in [0.1, 0.15) is 0 Å². The minimum Gasteiger partial charge on any atom is -0.356 e. The molecule has 0 radical (unpaired) electrons. The normalized spacial score (nSPS) is 16.7. The molecule has 27 heavy (non-hydrogen) atoms. The Hall–Kier alpha value is -1.03. The van der Waals surface area contributed by atoms with Crippen molar-refractivity contribution < 1.29 is 13.2 Å². The first-order valence-corrected chi connectivity index (χ1v) is 9.17. The standard InChI is InChI=1S/C19H29F3N4.HI/c1-15-7-11-26(12-8-15)14-17-5-3-16(4-6-17)13-25-18(23-2)24-10-9-19(20,21)22;/h3-6,15H,7-14H2,1-2H3,(H2,23,24,25);1H. The lowest BCUT2D eigenvalue weighted by Crippen LogP contribution is -2.38. The molecule has 0 amide bonds. The van der Waals surface area contributed by atoms with E-state index in [1.807, 2.05) is 0 Å². The summed E-state index contributed by atoms with van der Waals surface area (Å²) in [5.74, 6) is 1.21. The lowest BCUT2D eigenvalue weighted by Gasteiger charge is -2.30. The van der Waals surface area contributed by atoms with Gasteiger partial charge in [0.25, 0.3) is 0 Å². The Morgan fingerprint density at radius 1 is 1.11 bits per heavy atom. The number of piperidine rings is 1. The highest BCUT2D eigenvalue weighted by atomic mass is 127. The van der Waals surface area contributed by atoms with Gasteiger partial charge in [-0.15, -0.1) is 24.0 Å². The van der Waals surface area contributed by atoms with E-state index < -0.39 is 12.6 Å². The molecule has 1 saturated heterocycles. The van der Waals surface area contributed by atoms with Gasteiger partial charge < -0.3 is 10.6 Å². The average molecular weight is 498 g/mol. The number of benzene rings is 1. The Kier molecular flexibility index (Phi) is 10.4. The third kappa shape index (κ3) is 9.64. The lowest BCUT2D eigenvalue weighted by atomic mass is 9.99. The first-order valence-electron chi connectivity index (χ1n) is 9.17. The quantitative estimate of drug-likeness (QED) is 0.352. The molecular formula is C19H30F3IN4. The van der Waals surface area contributed by atoms with E-state index in [1.54, 1.807) is 7.05 Å². The van der Waals surface area contributed by atoms with Gasteiger partial charge in [-0.25, -0.2) is 0 Å².